The zero-order chi connectivity index (χ0) is 17.6. The third-order valence-electron chi connectivity index (χ3n) is 4.05. The Kier molecular flexibility index (Phi) is 7.02. The molecule has 2 rings (SSSR count). The molecular formula is C22H30S. The second-order valence-electron chi connectivity index (χ2n) is 6.28. The fourth-order valence-corrected chi connectivity index (χ4v) is 3.87. The maximum atomic E-state index is 4.22. The van der Waals surface area contributed by atoms with Gasteiger partial charge in [-0.05, 0) is 44.9 Å². The van der Waals surface area contributed by atoms with Gasteiger partial charge in [0.15, 0.2) is 0 Å². The minimum Gasteiger partial charge on any atom is -0.139 e. The van der Waals surface area contributed by atoms with E-state index in [1.54, 1.807) is 0 Å². The Morgan fingerprint density at radius 2 is 1.74 bits per heavy atom. The molecule has 1 atom stereocenters. The number of allylic oxidation sites excluding steroid dienone is 2. The van der Waals surface area contributed by atoms with Gasteiger partial charge in [0, 0.05) is 15.2 Å². The van der Waals surface area contributed by atoms with Crippen molar-refractivity contribution in [3.05, 3.63) is 71.1 Å². The molecule has 0 nitrogen and oxygen atoms in total. The standard InChI is InChI=1S/C20H24S.C2H6/c1-14(2)13-20(6,15(3)4)19-11-10-18(21-19)17-9-7-8-16(5)12-17;1-2/h7-12H,1,3,13H2,2,4-6H3;1-2H3. The van der Waals surface area contributed by atoms with E-state index < -0.39 is 0 Å². The van der Waals surface area contributed by atoms with Crippen LogP contribution in [-0.4, -0.2) is 0 Å². The molecule has 0 N–H and O–H groups in total. The number of aryl methyl sites for hydroxylation is 1. The lowest BCUT2D eigenvalue weighted by atomic mass is 9.77. The lowest BCUT2D eigenvalue weighted by Gasteiger charge is -2.29. The monoisotopic (exact) mass is 326 g/mol. The molecule has 1 aromatic heterocycles. The van der Waals surface area contributed by atoms with E-state index in [1.807, 2.05) is 25.2 Å². The molecule has 2 aromatic rings. The van der Waals surface area contributed by atoms with E-state index in [4.69, 9.17) is 0 Å². The van der Waals surface area contributed by atoms with Gasteiger partial charge in [0.2, 0.25) is 0 Å². The zero-order valence-corrected chi connectivity index (χ0v) is 16.3. The molecule has 0 aliphatic heterocycles. The average molecular weight is 327 g/mol. The largest absolute Gasteiger partial charge is 0.139 e. The van der Waals surface area contributed by atoms with Crippen molar-refractivity contribution in [3.63, 3.8) is 0 Å². The first-order chi connectivity index (χ1) is 10.8. The van der Waals surface area contributed by atoms with Gasteiger partial charge in [-0.15, -0.1) is 17.9 Å². The first kappa shape index (κ1) is 19.4. The van der Waals surface area contributed by atoms with Crippen LogP contribution in [-0.2, 0) is 5.41 Å². The Bertz CT molecular complexity index is 675. The minimum atomic E-state index is -0.0153. The summed E-state index contributed by atoms with van der Waals surface area (Å²) in [4.78, 5) is 2.69. The molecule has 1 heterocycles. The quantitative estimate of drug-likeness (QED) is 0.497. The van der Waals surface area contributed by atoms with Crippen molar-refractivity contribution < 1.29 is 0 Å². The van der Waals surface area contributed by atoms with E-state index >= 15 is 0 Å². The van der Waals surface area contributed by atoms with Crippen LogP contribution in [0.1, 0.15) is 51.5 Å². The van der Waals surface area contributed by atoms with E-state index in [-0.39, 0.29) is 5.41 Å². The smallest absolute Gasteiger partial charge is 0.0346 e. The van der Waals surface area contributed by atoms with Crippen LogP contribution in [0, 0.1) is 6.92 Å². The molecule has 0 amide bonds. The summed E-state index contributed by atoms with van der Waals surface area (Å²) in [7, 11) is 0. The number of thiophene rings is 1. The summed E-state index contributed by atoms with van der Waals surface area (Å²) < 4.78 is 0. The fraction of sp³-hybridized carbons (Fsp3) is 0.364. The highest BCUT2D eigenvalue weighted by atomic mass is 32.1. The van der Waals surface area contributed by atoms with Crippen molar-refractivity contribution in [3.8, 4) is 10.4 Å². The normalized spacial score (nSPS) is 12.8. The van der Waals surface area contributed by atoms with Gasteiger partial charge in [-0.2, -0.15) is 0 Å². The number of rotatable bonds is 5. The highest BCUT2D eigenvalue weighted by Crippen LogP contribution is 2.42. The van der Waals surface area contributed by atoms with Gasteiger partial charge in [0.25, 0.3) is 0 Å². The average Bonchev–Trinajstić information content (AvgIpc) is 2.99. The van der Waals surface area contributed by atoms with E-state index in [9.17, 15) is 0 Å². The summed E-state index contributed by atoms with van der Waals surface area (Å²) >= 11 is 1.87. The minimum absolute atomic E-state index is 0.0153. The molecule has 0 radical (unpaired) electrons. The van der Waals surface area contributed by atoms with Crippen LogP contribution in [0.4, 0.5) is 0 Å². The molecular weight excluding hydrogens is 296 g/mol. The molecule has 1 aromatic carbocycles. The van der Waals surface area contributed by atoms with Gasteiger partial charge in [-0.3, -0.25) is 0 Å². The molecule has 0 saturated heterocycles. The molecule has 0 aliphatic carbocycles. The number of hydrogen-bond donors (Lipinski definition) is 0. The fourth-order valence-electron chi connectivity index (χ4n) is 2.64. The first-order valence-electron chi connectivity index (χ1n) is 8.30. The molecule has 0 bridgehead atoms. The highest BCUT2D eigenvalue weighted by molar-refractivity contribution is 7.15. The summed E-state index contributed by atoms with van der Waals surface area (Å²) in [6.07, 6.45) is 0.954. The summed E-state index contributed by atoms with van der Waals surface area (Å²) in [6, 6.07) is 13.2. The van der Waals surface area contributed by atoms with Crippen molar-refractivity contribution in [2.75, 3.05) is 0 Å². The van der Waals surface area contributed by atoms with Crippen LogP contribution in [0.15, 0.2) is 60.7 Å². The van der Waals surface area contributed by atoms with Gasteiger partial charge in [-0.25, -0.2) is 0 Å². The predicted molar refractivity (Wildman–Crippen MR) is 107 cm³/mol. The van der Waals surface area contributed by atoms with Gasteiger partial charge >= 0.3 is 0 Å². The maximum absolute atomic E-state index is 4.22. The molecule has 0 spiro atoms. The Balaban J connectivity index is 0.00000127. The number of hydrogen-bond acceptors (Lipinski definition) is 1. The highest BCUT2D eigenvalue weighted by Gasteiger charge is 2.29. The van der Waals surface area contributed by atoms with Gasteiger partial charge in [0.1, 0.15) is 0 Å². The lowest BCUT2D eigenvalue weighted by Crippen LogP contribution is -2.21. The maximum Gasteiger partial charge on any atom is 0.0346 e. The summed E-state index contributed by atoms with van der Waals surface area (Å²) in [5, 5.41) is 0. The molecule has 0 saturated carbocycles. The second-order valence-corrected chi connectivity index (χ2v) is 7.36. The van der Waals surface area contributed by atoms with E-state index in [0.717, 1.165) is 6.42 Å². The van der Waals surface area contributed by atoms with Crippen LogP contribution in [0.5, 0.6) is 0 Å². The Hall–Kier alpha value is -1.60. The molecule has 124 valence electrons. The molecule has 0 aliphatic rings. The Labute approximate surface area is 146 Å². The summed E-state index contributed by atoms with van der Waals surface area (Å²) in [5.41, 5.74) is 4.98. The Morgan fingerprint density at radius 1 is 1.09 bits per heavy atom. The second kappa shape index (κ2) is 8.31. The van der Waals surface area contributed by atoms with Crippen LogP contribution in [0.25, 0.3) is 10.4 Å². The molecule has 0 fully saturated rings. The number of benzene rings is 1. The predicted octanol–water partition coefficient (Wildman–Crippen LogP) is 7.55. The van der Waals surface area contributed by atoms with E-state index in [0.29, 0.717) is 0 Å². The van der Waals surface area contributed by atoms with Crippen molar-refractivity contribution >= 4 is 11.3 Å². The van der Waals surface area contributed by atoms with Gasteiger partial charge < -0.3 is 0 Å². The topological polar surface area (TPSA) is 0 Å². The third-order valence-corrected chi connectivity index (χ3v) is 5.45. The van der Waals surface area contributed by atoms with Gasteiger partial charge in [-0.1, -0.05) is 68.3 Å². The molecule has 1 unspecified atom stereocenters. The van der Waals surface area contributed by atoms with Gasteiger partial charge in [0.05, 0.1) is 0 Å². The summed E-state index contributed by atoms with van der Waals surface area (Å²) in [5.74, 6) is 0. The van der Waals surface area contributed by atoms with Crippen LogP contribution in [0.3, 0.4) is 0 Å². The lowest BCUT2D eigenvalue weighted by molar-refractivity contribution is 0.564. The van der Waals surface area contributed by atoms with Crippen molar-refractivity contribution in [2.24, 2.45) is 0 Å². The van der Waals surface area contributed by atoms with Crippen LogP contribution >= 0.6 is 11.3 Å². The summed E-state index contributed by atoms with van der Waals surface area (Å²) in [6.45, 7) is 20.9. The van der Waals surface area contributed by atoms with E-state index in [2.05, 4.69) is 77.3 Å². The SMILES string of the molecule is C=C(C)CC(C)(C(=C)C)c1ccc(-c2cccc(C)c2)s1.CC. The van der Waals surface area contributed by atoms with Crippen LogP contribution < -0.4 is 0 Å². The molecule has 1 heteroatoms. The zero-order valence-electron chi connectivity index (χ0n) is 15.5. The van der Waals surface area contributed by atoms with Crippen molar-refractivity contribution in [1.82, 2.24) is 0 Å². The molecule has 23 heavy (non-hydrogen) atoms. The van der Waals surface area contributed by atoms with Crippen molar-refractivity contribution in [1.29, 1.82) is 0 Å². The third kappa shape index (κ3) is 4.68. The Morgan fingerprint density at radius 3 is 2.26 bits per heavy atom. The first-order valence-corrected chi connectivity index (χ1v) is 9.12. The van der Waals surface area contributed by atoms with Crippen LogP contribution in [0.2, 0.25) is 0 Å². The van der Waals surface area contributed by atoms with E-state index in [1.165, 1.54) is 32.0 Å². The van der Waals surface area contributed by atoms with Crippen molar-refractivity contribution in [2.45, 2.75) is 53.4 Å².